The van der Waals surface area contributed by atoms with Crippen LogP contribution in [-0.2, 0) is 4.79 Å². The zero-order chi connectivity index (χ0) is 18.9. The molecule has 1 amide bonds. The van der Waals surface area contributed by atoms with Crippen LogP contribution in [0.2, 0.25) is 0 Å². The number of carbonyl (C=O) groups excluding carboxylic acids is 1. The summed E-state index contributed by atoms with van der Waals surface area (Å²) < 4.78 is 1.75. The normalized spacial score (nSPS) is 27.6. The number of benzene rings is 1. The van der Waals surface area contributed by atoms with Crippen molar-refractivity contribution in [3.8, 4) is 5.69 Å². The molecule has 0 spiro atoms. The van der Waals surface area contributed by atoms with Gasteiger partial charge in [0.05, 0.1) is 5.69 Å². The molecule has 3 aliphatic rings. The van der Waals surface area contributed by atoms with Crippen LogP contribution in [0.15, 0.2) is 30.3 Å². The number of piperazine rings is 1. The first-order chi connectivity index (χ1) is 13.8. The number of hydrogen-bond donors (Lipinski definition) is 3. The maximum absolute atomic E-state index is 13.0. The second-order valence-electron chi connectivity index (χ2n) is 7.68. The molecule has 3 fully saturated rings. The molecule has 2 saturated heterocycles. The van der Waals surface area contributed by atoms with Crippen LogP contribution >= 0.6 is 0 Å². The van der Waals surface area contributed by atoms with E-state index in [1.165, 1.54) is 0 Å². The number of hydrazine groups is 2. The number of anilines is 1. The minimum Gasteiger partial charge on any atom is -0.339 e. The molecular formula is C18H25N9O. The Labute approximate surface area is 163 Å². The summed E-state index contributed by atoms with van der Waals surface area (Å²) >= 11 is 0. The molecule has 5 rings (SSSR count). The van der Waals surface area contributed by atoms with Crippen molar-refractivity contribution >= 4 is 11.9 Å². The van der Waals surface area contributed by atoms with Crippen LogP contribution in [0.5, 0.6) is 0 Å². The summed E-state index contributed by atoms with van der Waals surface area (Å²) in [6, 6.07) is 10.6. The van der Waals surface area contributed by atoms with Gasteiger partial charge in [-0.3, -0.25) is 4.79 Å². The van der Waals surface area contributed by atoms with Gasteiger partial charge in [-0.05, 0) is 41.8 Å². The van der Waals surface area contributed by atoms with Crippen molar-refractivity contribution in [3.63, 3.8) is 0 Å². The fourth-order valence-electron chi connectivity index (χ4n) is 4.46. The molecule has 1 aromatic heterocycles. The summed E-state index contributed by atoms with van der Waals surface area (Å²) in [5.41, 5.74) is 10.4. The van der Waals surface area contributed by atoms with E-state index in [1.54, 1.807) is 4.68 Å². The molecule has 28 heavy (non-hydrogen) atoms. The van der Waals surface area contributed by atoms with Gasteiger partial charge in [0.1, 0.15) is 0 Å². The number of fused-ring (bicyclic) bond motifs is 1. The van der Waals surface area contributed by atoms with Gasteiger partial charge in [-0.25, -0.2) is 10.9 Å². The number of nitrogens with zero attached hydrogens (tertiary/aromatic N) is 6. The van der Waals surface area contributed by atoms with E-state index in [2.05, 4.69) is 36.8 Å². The first-order valence-corrected chi connectivity index (χ1v) is 9.93. The SMILES string of the molecule is O=C(C1CCC2NNNC2C1)N1CCN(c2nnnn2-c2ccccc2)CC1. The van der Waals surface area contributed by atoms with Gasteiger partial charge in [-0.1, -0.05) is 23.3 Å². The highest BCUT2D eigenvalue weighted by molar-refractivity contribution is 5.79. The first kappa shape index (κ1) is 17.5. The van der Waals surface area contributed by atoms with Crippen molar-refractivity contribution in [2.24, 2.45) is 5.92 Å². The molecule has 3 atom stereocenters. The predicted molar refractivity (Wildman–Crippen MR) is 102 cm³/mol. The van der Waals surface area contributed by atoms with Gasteiger partial charge in [0.25, 0.3) is 0 Å². The molecule has 10 heteroatoms. The topological polar surface area (TPSA) is 103 Å². The van der Waals surface area contributed by atoms with Crippen LogP contribution in [0.3, 0.4) is 0 Å². The number of carbonyl (C=O) groups is 1. The van der Waals surface area contributed by atoms with Gasteiger partial charge in [-0.15, -0.1) is 0 Å². The summed E-state index contributed by atoms with van der Waals surface area (Å²) in [7, 11) is 0. The molecule has 0 radical (unpaired) electrons. The van der Waals surface area contributed by atoms with E-state index >= 15 is 0 Å². The number of amides is 1. The lowest BCUT2D eigenvalue weighted by Gasteiger charge is -2.38. The Morgan fingerprint density at radius 1 is 1.00 bits per heavy atom. The van der Waals surface area contributed by atoms with E-state index < -0.39 is 0 Å². The van der Waals surface area contributed by atoms with Gasteiger partial charge in [-0.2, -0.15) is 10.2 Å². The predicted octanol–water partition coefficient (Wildman–Crippen LogP) is -0.539. The monoisotopic (exact) mass is 383 g/mol. The average molecular weight is 383 g/mol. The largest absolute Gasteiger partial charge is 0.339 e. The first-order valence-electron chi connectivity index (χ1n) is 9.93. The number of para-hydroxylation sites is 1. The van der Waals surface area contributed by atoms with Crippen molar-refractivity contribution in [1.29, 1.82) is 0 Å². The quantitative estimate of drug-likeness (QED) is 0.650. The summed E-state index contributed by atoms with van der Waals surface area (Å²) in [4.78, 5) is 17.2. The molecular weight excluding hydrogens is 358 g/mol. The van der Waals surface area contributed by atoms with Crippen molar-refractivity contribution in [3.05, 3.63) is 30.3 Å². The molecule has 0 bridgehead atoms. The number of nitrogens with one attached hydrogen (secondary N) is 3. The Morgan fingerprint density at radius 3 is 2.61 bits per heavy atom. The van der Waals surface area contributed by atoms with Crippen molar-refractivity contribution < 1.29 is 4.79 Å². The van der Waals surface area contributed by atoms with Crippen molar-refractivity contribution in [2.45, 2.75) is 31.3 Å². The smallest absolute Gasteiger partial charge is 0.250 e. The van der Waals surface area contributed by atoms with Crippen LogP contribution in [0.1, 0.15) is 19.3 Å². The lowest BCUT2D eigenvalue weighted by molar-refractivity contribution is -0.137. The molecule has 3 unspecified atom stereocenters. The van der Waals surface area contributed by atoms with Gasteiger partial charge < -0.3 is 9.80 Å². The Kier molecular flexibility index (Phi) is 4.67. The second kappa shape index (κ2) is 7.46. The minimum absolute atomic E-state index is 0.108. The standard InChI is InChI=1S/C18H25N9O/c28-17(13-6-7-15-16(12-13)20-22-19-15)25-8-10-26(11-9-25)18-21-23-24-27(18)14-4-2-1-3-5-14/h1-5,13,15-16,19-20,22H,6-12H2. The summed E-state index contributed by atoms with van der Waals surface area (Å²) in [5, 5.41) is 12.2. The lowest BCUT2D eigenvalue weighted by Crippen LogP contribution is -2.52. The van der Waals surface area contributed by atoms with Crippen LogP contribution in [0, 0.1) is 5.92 Å². The maximum Gasteiger partial charge on any atom is 0.250 e. The zero-order valence-electron chi connectivity index (χ0n) is 15.7. The van der Waals surface area contributed by atoms with Gasteiger partial charge in [0, 0.05) is 44.2 Å². The van der Waals surface area contributed by atoms with Crippen molar-refractivity contribution in [2.75, 3.05) is 31.1 Å². The second-order valence-corrected chi connectivity index (χ2v) is 7.68. The van der Waals surface area contributed by atoms with Crippen LogP contribution in [0.4, 0.5) is 5.95 Å². The number of aromatic nitrogens is 4. The van der Waals surface area contributed by atoms with Gasteiger partial charge in [0.15, 0.2) is 0 Å². The average Bonchev–Trinajstić information content (AvgIpc) is 3.43. The highest BCUT2D eigenvalue weighted by Gasteiger charge is 2.38. The molecule has 148 valence electrons. The van der Waals surface area contributed by atoms with Crippen LogP contribution in [-0.4, -0.2) is 69.3 Å². The third-order valence-corrected chi connectivity index (χ3v) is 6.04. The summed E-state index contributed by atoms with van der Waals surface area (Å²) in [6.45, 7) is 2.88. The van der Waals surface area contributed by atoms with Crippen molar-refractivity contribution in [1.82, 2.24) is 41.5 Å². The molecule has 1 saturated carbocycles. The number of rotatable bonds is 3. The summed E-state index contributed by atoms with van der Waals surface area (Å²) in [6.07, 6.45) is 2.85. The molecule has 3 N–H and O–H groups in total. The molecule has 10 nitrogen and oxygen atoms in total. The lowest BCUT2D eigenvalue weighted by atomic mass is 9.82. The Bertz CT molecular complexity index is 817. The highest BCUT2D eigenvalue weighted by atomic mass is 16.2. The number of hydrogen-bond acceptors (Lipinski definition) is 8. The van der Waals surface area contributed by atoms with E-state index in [-0.39, 0.29) is 11.8 Å². The van der Waals surface area contributed by atoms with Crippen LogP contribution in [0.25, 0.3) is 5.69 Å². The van der Waals surface area contributed by atoms with E-state index in [9.17, 15) is 4.79 Å². The Morgan fingerprint density at radius 2 is 1.79 bits per heavy atom. The van der Waals surface area contributed by atoms with E-state index in [4.69, 9.17) is 0 Å². The van der Waals surface area contributed by atoms with E-state index in [0.29, 0.717) is 25.2 Å². The third-order valence-electron chi connectivity index (χ3n) is 6.04. The molecule has 2 aliphatic heterocycles. The molecule has 1 aliphatic carbocycles. The highest BCUT2D eigenvalue weighted by Crippen LogP contribution is 2.28. The van der Waals surface area contributed by atoms with Gasteiger partial charge >= 0.3 is 0 Å². The molecule has 2 aromatic rings. The number of tetrazole rings is 1. The Hall–Kier alpha value is -2.56. The minimum atomic E-state index is 0.108. The van der Waals surface area contributed by atoms with E-state index in [0.717, 1.165) is 44.0 Å². The fourth-order valence-corrected chi connectivity index (χ4v) is 4.46. The zero-order valence-corrected chi connectivity index (χ0v) is 15.7. The molecule has 1 aromatic carbocycles. The Balaban J connectivity index is 1.21. The fraction of sp³-hybridized carbons (Fsp3) is 0.556. The van der Waals surface area contributed by atoms with E-state index in [1.807, 2.05) is 35.2 Å². The summed E-state index contributed by atoms with van der Waals surface area (Å²) in [5.74, 6) is 1.12. The molecule has 3 heterocycles. The van der Waals surface area contributed by atoms with Crippen LogP contribution < -0.4 is 21.3 Å². The van der Waals surface area contributed by atoms with Gasteiger partial charge in [0.2, 0.25) is 11.9 Å². The third kappa shape index (κ3) is 3.23. The maximum atomic E-state index is 13.0.